The number of thioether (sulfide) groups is 1. The van der Waals surface area contributed by atoms with Crippen LogP contribution in [0.15, 0.2) is 17.1 Å². The van der Waals surface area contributed by atoms with Crippen LogP contribution in [0.2, 0.25) is 5.02 Å². The van der Waals surface area contributed by atoms with Gasteiger partial charge in [-0.05, 0) is 18.4 Å². The zero-order valence-corrected chi connectivity index (χ0v) is 15.4. The molecule has 0 saturated carbocycles. The average Bonchev–Trinajstić information content (AvgIpc) is 2.70. The topological polar surface area (TPSA) is 64.2 Å². The Balaban J connectivity index is 0. The number of aromatic nitrogens is 2. The van der Waals surface area contributed by atoms with Crippen molar-refractivity contribution in [2.45, 2.75) is 0 Å². The average molecular weight is 515 g/mol. The van der Waals surface area contributed by atoms with Crippen LogP contribution in [-0.4, -0.2) is 20.2 Å². The number of nitrogens with zero attached hydrogens (tertiary/aromatic N) is 3. The van der Waals surface area contributed by atoms with Crippen LogP contribution in [-0.2, 0) is 0 Å². The molecule has 1 aromatic heterocycles. The maximum absolute atomic E-state index is 6.12. The smallest absolute Gasteiger partial charge is 1.00 e. The second-order valence-corrected chi connectivity index (χ2v) is 4.42. The molecule has 0 atom stereocenters. The monoisotopic (exact) mass is 514 g/mol. The van der Waals surface area contributed by atoms with Gasteiger partial charge in [0.25, 0.3) is 0 Å². The summed E-state index contributed by atoms with van der Waals surface area (Å²) in [5.74, 6) is 0. The zero-order chi connectivity index (χ0) is 10.8. The number of fused-ring (bicyclic) bond motifs is 1. The molecule has 0 saturated heterocycles. The number of hydrogen-bond acceptors (Lipinski definition) is 5. The van der Waals surface area contributed by atoms with Gasteiger partial charge < -0.3 is 29.7 Å². The molecule has 9 heteroatoms. The summed E-state index contributed by atoms with van der Waals surface area (Å²) in [7, 11) is 0. The SMILES string of the molecule is CSC(N)=Nc1ccc2nsnc2c1Cl.I.[H+].[I-]. The van der Waals surface area contributed by atoms with Crippen molar-refractivity contribution in [2.75, 3.05) is 6.26 Å². The fraction of sp³-hybridized carbons (Fsp3) is 0.125. The van der Waals surface area contributed by atoms with Crippen LogP contribution >= 0.6 is 59.1 Å². The van der Waals surface area contributed by atoms with E-state index >= 15 is 0 Å². The van der Waals surface area contributed by atoms with Gasteiger partial charge in [0.1, 0.15) is 11.0 Å². The van der Waals surface area contributed by atoms with Gasteiger partial charge in [-0.25, -0.2) is 4.99 Å². The summed E-state index contributed by atoms with van der Waals surface area (Å²) in [6, 6.07) is 3.62. The fourth-order valence-electron chi connectivity index (χ4n) is 1.06. The van der Waals surface area contributed by atoms with E-state index in [-0.39, 0.29) is 49.4 Å². The van der Waals surface area contributed by atoms with Crippen LogP contribution in [0.1, 0.15) is 1.43 Å². The molecule has 0 bridgehead atoms. The first-order valence-electron chi connectivity index (χ1n) is 4.01. The van der Waals surface area contributed by atoms with Gasteiger partial charge in [-0.3, -0.25) is 0 Å². The van der Waals surface area contributed by atoms with E-state index in [4.69, 9.17) is 17.3 Å². The molecule has 4 nitrogen and oxygen atoms in total. The summed E-state index contributed by atoms with van der Waals surface area (Å²) >= 11 is 8.62. The Bertz CT molecular complexity index is 537. The lowest BCUT2D eigenvalue weighted by atomic mass is 10.3. The molecule has 2 aromatic rings. The Morgan fingerprint density at radius 1 is 1.53 bits per heavy atom. The van der Waals surface area contributed by atoms with Gasteiger partial charge >= 0.3 is 1.43 Å². The van der Waals surface area contributed by atoms with Gasteiger partial charge in [-0.2, -0.15) is 8.75 Å². The minimum atomic E-state index is 0. The maximum atomic E-state index is 6.12. The standard InChI is InChI=1S/C8H7ClN4S2.2HI/c1-14-8(10)11-4-2-3-5-7(6(4)9)13-15-12-5;;/h2-3H,1H3,(H2,10,11);2*1H. The van der Waals surface area contributed by atoms with Crippen molar-refractivity contribution in [3.05, 3.63) is 17.2 Å². The molecule has 0 aliphatic carbocycles. The van der Waals surface area contributed by atoms with E-state index in [0.29, 0.717) is 21.4 Å². The lowest BCUT2D eigenvalue weighted by Gasteiger charge is -1.99. The summed E-state index contributed by atoms with van der Waals surface area (Å²) in [6.45, 7) is 0. The Morgan fingerprint density at radius 2 is 2.24 bits per heavy atom. The predicted octanol–water partition coefficient (Wildman–Crippen LogP) is 0.388. The molecule has 0 aliphatic heterocycles. The van der Waals surface area contributed by atoms with E-state index in [1.807, 2.05) is 12.3 Å². The van der Waals surface area contributed by atoms with E-state index in [1.165, 1.54) is 11.8 Å². The molecule has 0 fully saturated rings. The first-order valence-corrected chi connectivity index (χ1v) is 6.34. The van der Waals surface area contributed by atoms with E-state index in [1.54, 1.807) is 6.07 Å². The number of rotatable bonds is 1. The molecule has 0 unspecified atom stereocenters. The summed E-state index contributed by atoms with van der Waals surface area (Å²) in [4.78, 5) is 4.17. The number of hydrogen-bond donors (Lipinski definition) is 1. The van der Waals surface area contributed by atoms with Gasteiger partial charge in [0.15, 0.2) is 5.17 Å². The normalized spacial score (nSPS) is 10.8. The zero-order valence-electron chi connectivity index (χ0n) is 9.55. The van der Waals surface area contributed by atoms with Crippen molar-refractivity contribution in [3.63, 3.8) is 0 Å². The third kappa shape index (κ3) is 4.04. The number of amidine groups is 1. The van der Waals surface area contributed by atoms with Crippen molar-refractivity contribution in [2.24, 2.45) is 10.7 Å². The van der Waals surface area contributed by atoms with E-state index in [0.717, 1.165) is 17.2 Å². The van der Waals surface area contributed by atoms with Crippen LogP contribution in [0.3, 0.4) is 0 Å². The van der Waals surface area contributed by atoms with Gasteiger partial charge in [0.05, 0.1) is 22.4 Å². The molecular weight excluding hydrogens is 506 g/mol. The summed E-state index contributed by atoms with van der Waals surface area (Å²) in [5, 5.41) is 0.970. The van der Waals surface area contributed by atoms with Crippen molar-refractivity contribution < 1.29 is 25.4 Å². The van der Waals surface area contributed by atoms with Crippen LogP contribution in [0, 0.1) is 0 Å². The Morgan fingerprint density at radius 3 is 2.88 bits per heavy atom. The lowest BCUT2D eigenvalue weighted by Crippen LogP contribution is -3.00. The maximum Gasteiger partial charge on any atom is 1.00 e. The fourth-order valence-corrected chi connectivity index (χ4v) is 2.09. The molecule has 94 valence electrons. The predicted molar refractivity (Wildman–Crippen MR) is 83.7 cm³/mol. The summed E-state index contributed by atoms with van der Waals surface area (Å²) in [5.41, 5.74) is 7.70. The molecule has 0 amide bonds. The number of benzene rings is 1. The highest BCUT2D eigenvalue weighted by Crippen LogP contribution is 2.32. The minimum Gasteiger partial charge on any atom is -1.00 e. The number of aliphatic imine (C=N–C) groups is 1. The van der Waals surface area contributed by atoms with Gasteiger partial charge in [-0.1, -0.05) is 23.4 Å². The van der Waals surface area contributed by atoms with Crippen molar-refractivity contribution in [1.29, 1.82) is 0 Å². The molecule has 2 rings (SSSR count). The summed E-state index contributed by atoms with van der Waals surface area (Å²) < 4.78 is 8.17. The molecule has 17 heavy (non-hydrogen) atoms. The second-order valence-electron chi connectivity index (χ2n) is 2.68. The molecule has 1 heterocycles. The van der Waals surface area contributed by atoms with Crippen LogP contribution in [0.5, 0.6) is 0 Å². The third-order valence-corrected chi connectivity index (χ3v) is 3.21. The van der Waals surface area contributed by atoms with Gasteiger partial charge in [0.2, 0.25) is 0 Å². The minimum absolute atomic E-state index is 0. The largest absolute Gasteiger partial charge is 1.00 e. The van der Waals surface area contributed by atoms with Crippen LogP contribution in [0.25, 0.3) is 11.0 Å². The van der Waals surface area contributed by atoms with Crippen LogP contribution < -0.4 is 29.7 Å². The summed E-state index contributed by atoms with van der Waals surface area (Å²) in [6.07, 6.45) is 1.86. The number of halogens is 3. The van der Waals surface area contributed by atoms with E-state index in [9.17, 15) is 0 Å². The highest BCUT2D eigenvalue weighted by Gasteiger charge is 2.08. The van der Waals surface area contributed by atoms with Crippen molar-refractivity contribution in [1.82, 2.24) is 8.75 Å². The molecule has 1 aromatic carbocycles. The molecular formula is C8H9ClI2N4S2. The van der Waals surface area contributed by atoms with Crippen LogP contribution in [0.4, 0.5) is 5.69 Å². The number of nitrogens with two attached hydrogens (primary N) is 1. The van der Waals surface area contributed by atoms with E-state index < -0.39 is 0 Å². The van der Waals surface area contributed by atoms with Crippen molar-refractivity contribution >= 4 is 81.0 Å². The molecule has 0 spiro atoms. The molecule has 0 radical (unpaired) electrons. The highest BCUT2D eigenvalue weighted by molar-refractivity contribution is 14.0. The quantitative estimate of drug-likeness (QED) is 0.340. The second kappa shape index (κ2) is 7.92. The Hall–Kier alpha value is 0.610. The molecule has 0 aliphatic rings. The third-order valence-electron chi connectivity index (χ3n) is 1.79. The highest BCUT2D eigenvalue weighted by atomic mass is 127. The van der Waals surface area contributed by atoms with Crippen molar-refractivity contribution in [3.8, 4) is 0 Å². The Labute approximate surface area is 148 Å². The lowest BCUT2D eigenvalue weighted by molar-refractivity contribution is -0.00000322. The van der Waals surface area contributed by atoms with Gasteiger partial charge in [0, 0.05) is 0 Å². The van der Waals surface area contributed by atoms with E-state index in [2.05, 4.69) is 13.7 Å². The molecule has 2 N–H and O–H groups in total. The van der Waals surface area contributed by atoms with Gasteiger partial charge in [-0.15, -0.1) is 24.0 Å². The first-order chi connectivity index (χ1) is 7.22. The first kappa shape index (κ1) is 17.6. The Kier molecular flexibility index (Phi) is 8.20.